The molecule has 13 nitrogen and oxygen atoms in total. The normalized spacial score (nSPS) is 17.1. The number of ether oxygens (including phenoxy) is 3. The van der Waals surface area contributed by atoms with Gasteiger partial charge in [-0.25, -0.2) is 13.2 Å². The molecular formula is C35H48N4O9S. The van der Waals surface area contributed by atoms with E-state index in [1.54, 1.807) is 25.7 Å². The minimum Gasteiger partial charge on any atom is -0.425 e. The van der Waals surface area contributed by atoms with Crippen LogP contribution in [-0.2, 0) is 50.6 Å². The average molecular weight is 701 g/mol. The molecule has 0 radical (unpaired) electrons. The molecule has 49 heavy (non-hydrogen) atoms. The predicted molar refractivity (Wildman–Crippen MR) is 183 cm³/mol. The number of para-hydroxylation sites is 1. The van der Waals surface area contributed by atoms with Crippen molar-refractivity contribution in [3.63, 3.8) is 0 Å². The second-order valence-electron chi connectivity index (χ2n) is 14.3. The molecule has 1 unspecified atom stereocenters. The molecule has 14 heteroatoms. The van der Waals surface area contributed by atoms with Crippen molar-refractivity contribution < 1.29 is 41.8 Å². The number of likely N-dealkylation sites (tertiary alicyclic amines) is 1. The molecule has 1 fully saturated rings. The highest BCUT2D eigenvalue weighted by Crippen LogP contribution is 2.47. The fourth-order valence-corrected chi connectivity index (χ4v) is 6.91. The summed E-state index contributed by atoms with van der Waals surface area (Å²) in [5.74, 6) is -1.58. The van der Waals surface area contributed by atoms with Gasteiger partial charge < -0.3 is 29.7 Å². The summed E-state index contributed by atoms with van der Waals surface area (Å²) in [5.41, 5.74) is -0.267. The molecule has 0 aromatic heterocycles. The molecule has 0 aliphatic carbocycles. The molecule has 0 bridgehead atoms. The lowest BCUT2D eigenvalue weighted by molar-refractivity contribution is -0.174. The van der Waals surface area contributed by atoms with Gasteiger partial charge in [0.2, 0.25) is 28.1 Å². The molecule has 2 aromatic carbocycles. The average Bonchev–Trinajstić information content (AvgIpc) is 3.34. The van der Waals surface area contributed by atoms with Crippen molar-refractivity contribution in [3.05, 3.63) is 65.7 Å². The molecule has 2 N–H and O–H groups in total. The van der Waals surface area contributed by atoms with E-state index in [1.165, 1.54) is 31.3 Å². The van der Waals surface area contributed by atoms with Gasteiger partial charge in [0.1, 0.15) is 11.6 Å². The van der Waals surface area contributed by atoms with E-state index >= 15 is 0 Å². The summed E-state index contributed by atoms with van der Waals surface area (Å²) in [6.07, 6.45) is 0.0700. The Labute approximate surface area is 288 Å². The van der Waals surface area contributed by atoms with Crippen LogP contribution in [0.3, 0.4) is 0 Å². The monoisotopic (exact) mass is 700 g/mol. The number of benzene rings is 2. The molecule has 3 amide bonds. The Morgan fingerprint density at radius 2 is 1.53 bits per heavy atom. The van der Waals surface area contributed by atoms with Crippen molar-refractivity contribution in [3.8, 4) is 0 Å². The molecule has 1 saturated heterocycles. The quantitative estimate of drug-likeness (QED) is 0.264. The maximum absolute atomic E-state index is 14.0. The third kappa shape index (κ3) is 9.30. The molecule has 2 aliphatic rings. The van der Waals surface area contributed by atoms with Crippen LogP contribution in [0.1, 0.15) is 65.5 Å². The van der Waals surface area contributed by atoms with E-state index in [0.717, 1.165) is 11.1 Å². The molecule has 0 saturated carbocycles. The van der Waals surface area contributed by atoms with Crippen LogP contribution in [0, 0.1) is 5.41 Å². The number of piperidine rings is 1. The van der Waals surface area contributed by atoms with E-state index in [2.05, 4.69) is 10.6 Å². The van der Waals surface area contributed by atoms with Gasteiger partial charge in [-0.2, -0.15) is 0 Å². The van der Waals surface area contributed by atoms with E-state index in [-0.39, 0.29) is 19.1 Å². The molecule has 268 valence electrons. The van der Waals surface area contributed by atoms with Gasteiger partial charge in [0.05, 0.1) is 30.6 Å². The lowest BCUT2D eigenvalue weighted by Crippen LogP contribution is -2.61. The van der Waals surface area contributed by atoms with Crippen LogP contribution in [0.15, 0.2) is 54.6 Å². The van der Waals surface area contributed by atoms with Crippen LogP contribution in [-0.4, -0.2) is 87.6 Å². The number of anilines is 1. The summed E-state index contributed by atoms with van der Waals surface area (Å²) in [4.78, 5) is 54.0. The van der Waals surface area contributed by atoms with Gasteiger partial charge in [-0.1, -0.05) is 48.5 Å². The molecule has 2 aliphatic heterocycles. The second kappa shape index (κ2) is 14.8. The second-order valence-corrected chi connectivity index (χ2v) is 16.2. The zero-order chi connectivity index (χ0) is 36.2. The van der Waals surface area contributed by atoms with Crippen molar-refractivity contribution in [2.45, 2.75) is 84.3 Å². The van der Waals surface area contributed by atoms with Crippen LogP contribution in [0.25, 0.3) is 0 Å². The Morgan fingerprint density at radius 3 is 2.14 bits per heavy atom. The van der Waals surface area contributed by atoms with E-state index in [4.69, 9.17) is 14.2 Å². The lowest BCUT2D eigenvalue weighted by atomic mass is 9.74. The van der Waals surface area contributed by atoms with Crippen molar-refractivity contribution in [1.29, 1.82) is 0 Å². The summed E-state index contributed by atoms with van der Waals surface area (Å²) < 4.78 is 42.9. The first-order chi connectivity index (χ1) is 22.8. The third-order valence-electron chi connectivity index (χ3n) is 8.76. The first-order valence-electron chi connectivity index (χ1n) is 16.3. The number of nitrogens with one attached hydrogen (secondary N) is 2. The molecule has 1 spiro atoms. The Balaban J connectivity index is 1.43. The number of sulfonamides is 1. The fraction of sp³-hybridized carbons (Fsp3) is 0.543. The largest absolute Gasteiger partial charge is 0.425 e. The molecule has 2 aromatic rings. The summed E-state index contributed by atoms with van der Waals surface area (Å²) in [6, 6.07) is 15.8. The molecule has 2 atom stereocenters. The van der Waals surface area contributed by atoms with Gasteiger partial charge in [0.15, 0.2) is 0 Å². The summed E-state index contributed by atoms with van der Waals surface area (Å²) in [6.45, 7) is 10.4. The van der Waals surface area contributed by atoms with Gasteiger partial charge in [-0.05, 0) is 64.7 Å². The van der Waals surface area contributed by atoms with Crippen molar-refractivity contribution >= 4 is 39.6 Å². The molecule has 4 rings (SSSR count). The summed E-state index contributed by atoms with van der Waals surface area (Å²) in [5, 5.41) is 5.24. The minimum atomic E-state index is -3.49. The molecular weight excluding hydrogens is 652 g/mol. The van der Waals surface area contributed by atoms with Gasteiger partial charge in [0.25, 0.3) is 0 Å². The number of hydrogen-bond acceptors (Lipinski definition) is 9. The van der Waals surface area contributed by atoms with Crippen LogP contribution >= 0.6 is 0 Å². The number of nitrogens with zero attached hydrogens (tertiary/aromatic N) is 2. The maximum atomic E-state index is 14.0. The SMILES string of the molecule is CC(OC(=O)NC(C)(C)C(=O)N[C@H](COCc1ccccc1)C(=O)N1CCC2(CC1)CN(S(C)(=O)=O)c1ccccc12)OC(=O)C(C)(C)C. The van der Waals surface area contributed by atoms with Crippen LogP contribution < -0.4 is 14.9 Å². The smallest absolute Gasteiger partial charge is 0.411 e. The van der Waals surface area contributed by atoms with Crippen molar-refractivity contribution in [2.75, 3.05) is 36.8 Å². The summed E-state index contributed by atoms with van der Waals surface area (Å²) >= 11 is 0. The Morgan fingerprint density at radius 1 is 0.918 bits per heavy atom. The number of alkyl carbamates (subject to hydrolysis) is 1. The zero-order valence-electron chi connectivity index (χ0n) is 29.3. The zero-order valence-corrected chi connectivity index (χ0v) is 30.1. The Hall–Kier alpha value is -4.17. The predicted octanol–water partition coefficient (Wildman–Crippen LogP) is 3.47. The fourth-order valence-electron chi connectivity index (χ4n) is 5.91. The molecule has 2 heterocycles. The standard InChI is InChI=1S/C35H48N4O9S/c1-24(47-31(42)33(2,3)4)48-32(43)37-34(5,6)30(41)36-27(22-46-21-25-13-9-8-10-14-25)29(40)38-19-17-35(18-20-38)23-39(49(7,44)45)28-16-12-11-15-26(28)35/h8-16,24,27H,17-23H2,1-7H3,(H,36,41)(H,37,43)/t24?,27-/m1/s1. The third-order valence-corrected chi connectivity index (χ3v) is 9.89. The van der Waals surface area contributed by atoms with Gasteiger partial charge >= 0.3 is 12.1 Å². The number of carbonyl (C=O) groups excluding carboxylic acids is 4. The van der Waals surface area contributed by atoms with Crippen molar-refractivity contribution in [1.82, 2.24) is 15.5 Å². The number of carbonyl (C=O) groups is 4. The lowest BCUT2D eigenvalue weighted by Gasteiger charge is -2.41. The van der Waals surface area contributed by atoms with E-state index < -0.39 is 56.7 Å². The summed E-state index contributed by atoms with van der Waals surface area (Å²) in [7, 11) is -3.49. The minimum absolute atomic E-state index is 0.133. The number of rotatable bonds is 11. The van der Waals surface area contributed by atoms with Crippen LogP contribution in [0.5, 0.6) is 0 Å². The number of esters is 1. The Kier molecular flexibility index (Phi) is 11.3. The van der Waals surface area contributed by atoms with Gasteiger partial charge in [-0.15, -0.1) is 0 Å². The Bertz CT molecular complexity index is 1630. The van der Waals surface area contributed by atoms with E-state index in [1.807, 2.05) is 54.6 Å². The maximum Gasteiger partial charge on any atom is 0.411 e. The van der Waals surface area contributed by atoms with E-state index in [0.29, 0.717) is 38.2 Å². The van der Waals surface area contributed by atoms with Gasteiger partial charge in [-0.3, -0.25) is 18.7 Å². The highest BCUT2D eigenvalue weighted by atomic mass is 32.2. The van der Waals surface area contributed by atoms with Gasteiger partial charge in [0, 0.05) is 32.0 Å². The first-order valence-corrected chi connectivity index (χ1v) is 18.2. The van der Waals surface area contributed by atoms with E-state index in [9.17, 15) is 27.6 Å². The number of hydrogen-bond donors (Lipinski definition) is 2. The van der Waals surface area contributed by atoms with Crippen molar-refractivity contribution in [2.24, 2.45) is 5.41 Å². The highest BCUT2D eigenvalue weighted by Gasteiger charge is 2.48. The highest BCUT2D eigenvalue weighted by molar-refractivity contribution is 7.92. The van der Waals surface area contributed by atoms with Crippen LogP contribution in [0.2, 0.25) is 0 Å². The number of amides is 3. The number of fused-ring (bicyclic) bond motifs is 2. The topological polar surface area (TPSA) is 161 Å². The first kappa shape index (κ1) is 37.6. The van der Waals surface area contributed by atoms with Crippen LogP contribution in [0.4, 0.5) is 10.5 Å².